The topological polar surface area (TPSA) is 118 Å². The largest absolute Gasteiger partial charge is 0.395 e. The van der Waals surface area contributed by atoms with E-state index in [2.05, 4.69) is 26.3 Å². The third kappa shape index (κ3) is 6.12. The molecule has 2 aromatic carbocycles. The van der Waals surface area contributed by atoms with Crippen LogP contribution in [0.1, 0.15) is 34.5 Å². The first-order valence-corrected chi connectivity index (χ1v) is 12.7. The lowest BCUT2D eigenvalue weighted by Gasteiger charge is -2.39. The summed E-state index contributed by atoms with van der Waals surface area (Å²) in [4.78, 5) is 17.3. The highest BCUT2D eigenvalue weighted by atomic mass is 35.5. The van der Waals surface area contributed by atoms with Gasteiger partial charge in [-0.2, -0.15) is 10.4 Å². The van der Waals surface area contributed by atoms with Gasteiger partial charge < -0.3 is 20.4 Å². The van der Waals surface area contributed by atoms with Crippen LogP contribution in [0.25, 0.3) is 5.69 Å². The summed E-state index contributed by atoms with van der Waals surface area (Å²) in [5.41, 5.74) is 3.80. The van der Waals surface area contributed by atoms with Crippen molar-refractivity contribution in [1.29, 1.82) is 5.26 Å². The van der Waals surface area contributed by atoms with Gasteiger partial charge in [-0.3, -0.25) is 9.69 Å². The van der Waals surface area contributed by atoms with Gasteiger partial charge in [0, 0.05) is 42.9 Å². The van der Waals surface area contributed by atoms with Gasteiger partial charge in [-0.25, -0.2) is 4.68 Å². The second kappa shape index (κ2) is 12.2. The number of aromatic nitrogens is 2. The van der Waals surface area contributed by atoms with Gasteiger partial charge in [-0.15, -0.1) is 0 Å². The number of carbonyl (C=O) groups is 1. The molecule has 0 bridgehead atoms. The highest BCUT2D eigenvalue weighted by Crippen LogP contribution is 2.28. The summed E-state index contributed by atoms with van der Waals surface area (Å²) in [6, 6.07) is 15.1. The van der Waals surface area contributed by atoms with Gasteiger partial charge in [0.15, 0.2) is 0 Å². The number of nitrogens with one attached hydrogen (secondary N) is 1. The molecular weight excluding hydrogens is 492 g/mol. The van der Waals surface area contributed by atoms with Crippen molar-refractivity contribution in [3.63, 3.8) is 0 Å². The van der Waals surface area contributed by atoms with Crippen LogP contribution in [0.3, 0.4) is 0 Å². The Morgan fingerprint density at radius 3 is 2.46 bits per heavy atom. The molecule has 1 amide bonds. The zero-order valence-electron chi connectivity index (χ0n) is 20.8. The minimum Gasteiger partial charge on any atom is -0.395 e. The van der Waals surface area contributed by atoms with Crippen molar-refractivity contribution in [3.8, 4) is 11.8 Å². The van der Waals surface area contributed by atoms with E-state index in [1.807, 2.05) is 31.2 Å². The fourth-order valence-electron chi connectivity index (χ4n) is 4.86. The van der Waals surface area contributed by atoms with E-state index in [0.29, 0.717) is 40.6 Å². The zero-order valence-corrected chi connectivity index (χ0v) is 21.5. The molecule has 3 aromatic rings. The Kier molecular flexibility index (Phi) is 8.79. The van der Waals surface area contributed by atoms with Crippen LogP contribution in [-0.4, -0.2) is 76.2 Å². The molecule has 0 unspecified atom stereocenters. The first kappa shape index (κ1) is 26.6. The Morgan fingerprint density at radius 1 is 1.16 bits per heavy atom. The van der Waals surface area contributed by atoms with E-state index in [0.717, 1.165) is 37.3 Å². The van der Waals surface area contributed by atoms with Gasteiger partial charge in [0.2, 0.25) is 0 Å². The molecule has 4 rings (SSSR count). The van der Waals surface area contributed by atoms with Crippen molar-refractivity contribution in [1.82, 2.24) is 14.7 Å². The Hall–Kier alpha value is -3.42. The molecule has 1 aliphatic rings. The van der Waals surface area contributed by atoms with E-state index in [4.69, 9.17) is 11.6 Å². The minimum atomic E-state index is -0.303. The normalized spacial score (nSPS) is 14.1. The predicted octanol–water partition coefficient (Wildman–Crippen LogP) is 3.21. The summed E-state index contributed by atoms with van der Waals surface area (Å²) >= 11 is 5.97. The number of amides is 1. The van der Waals surface area contributed by atoms with Gasteiger partial charge >= 0.3 is 0 Å². The van der Waals surface area contributed by atoms with Gasteiger partial charge in [0.25, 0.3) is 5.91 Å². The molecule has 0 atom stereocenters. The summed E-state index contributed by atoms with van der Waals surface area (Å²) in [7, 11) is 0. The molecule has 0 aliphatic carbocycles. The second-order valence-electron chi connectivity index (χ2n) is 9.03. The molecule has 3 N–H and O–H groups in total. The number of nitriles is 1. The van der Waals surface area contributed by atoms with E-state index in [9.17, 15) is 20.3 Å². The van der Waals surface area contributed by atoms with Crippen LogP contribution >= 0.6 is 11.6 Å². The lowest BCUT2D eigenvalue weighted by molar-refractivity contribution is 0.102. The van der Waals surface area contributed by atoms with Crippen LogP contribution in [0, 0.1) is 18.3 Å². The summed E-state index contributed by atoms with van der Waals surface area (Å²) in [5, 5.41) is 36.3. The first-order valence-electron chi connectivity index (χ1n) is 12.3. The van der Waals surface area contributed by atoms with Crippen molar-refractivity contribution in [2.24, 2.45) is 0 Å². The molecule has 37 heavy (non-hydrogen) atoms. The summed E-state index contributed by atoms with van der Waals surface area (Å²) in [6.45, 7) is 4.57. The zero-order chi connectivity index (χ0) is 26.4. The molecule has 0 spiro atoms. The number of carbonyl (C=O) groups excluding carboxylic acids is 1. The molecular formula is C27H31ClN6O3. The average molecular weight is 523 g/mol. The van der Waals surface area contributed by atoms with Crippen LogP contribution in [-0.2, 0) is 0 Å². The third-order valence-electron chi connectivity index (χ3n) is 6.80. The standard InChI is InChI=1S/C27H31ClN6O3/c1-19-25(18-30-34(19)24-5-2-21(28)3-6-24)27(37)31-22-4-7-26(20(16-22)17-29)33-10-8-23(9-11-33)32(12-14-35)13-15-36/h2-7,16,18,23,35-36H,8-15H2,1H3,(H,31,37). The fraction of sp³-hybridized carbons (Fsp3) is 0.370. The van der Waals surface area contributed by atoms with Gasteiger partial charge in [0.1, 0.15) is 6.07 Å². The Morgan fingerprint density at radius 2 is 1.84 bits per heavy atom. The first-order chi connectivity index (χ1) is 17.9. The van der Waals surface area contributed by atoms with Crippen molar-refractivity contribution >= 4 is 28.9 Å². The molecule has 1 saturated heterocycles. The molecule has 1 fully saturated rings. The molecule has 0 radical (unpaired) electrons. The monoisotopic (exact) mass is 522 g/mol. The van der Waals surface area contributed by atoms with Crippen molar-refractivity contribution < 1.29 is 15.0 Å². The van der Waals surface area contributed by atoms with E-state index >= 15 is 0 Å². The van der Waals surface area contributed by atoms with Crippen molar-refractivity contribution in [2.45, 2.75) is 25.8 Å². The quantitative estimate of drug-likeness (QED) is 0.395. The predicted molar refractivity (Wildman–Crippen MR) is 143 cm³/mol. The number of aliphatic hydroxyl groups excluding tert-OH is 2. The average Bonchev–Trinajstić information content (AvgIpc) is 3.30. The lowest BCUT2D eigenvalue weighted by atomic mass is 10.0. The number of nitrogens with zero attached hydrogens (tertiary/aromatic N) is 5. The number of hydrogen-bond acceptors (Lipinski definition) is 7. The van der Waals surface area contributed by atoms with Crippen LogP contribution in [0.15, 0.2) is 48.7 Å². The Balaban J connectivity index is 1.44. The molecule has 9 nitrogen and oxygen atoms in total. The second-order valence-corrected chi connectivity index (χ2v) is 9.47. The van der Waals surface area contributed by atoms with Gasteiger partial charge in [-0.05, 0) is 62.2 Å². The maximum absolute atomic E-state index is 13.0. The number of rotatable bonds is 9. The fourth-order valence-corrected chi connectivity index (χ4v) is 4.98. The number of hydrogen-bond donors (Lipinski definition) is 3. The summed E-state index contributed by atoms with van der Waals surface area (Å²) in [6.07, 6.45) is 3.28. The molecule has 194 valence electrons. The highest BCUT2D eigenvalue weighted by Gasteiger charge is 2.25. The Bertz CT molecular complexity index is 1260. The lowest BCUT2D eigenvalue weighted by Crippen LogP contribution is -2.47. The van der Waals surface area contributed by atoms with Crippen LogP contribution in [0.4, 0.5) is 11.4 Å². The number of benzene rings is 2. The maximum Gasteiger partial charge on any atom is 0.259 e. The molecule has 10 heteroatoms. The SMILES string of the molecule is Cc1c(C(=O)Nc2ccc(N3CCC(N(CCO)CCO)CC3)c(C#N)c2)cnn1-c1ccc(Cl)cc1. The maximum atomic E-state index is 13.0. The smallest absolute Gasteiger partial charge is 0.259 e. The van der Waals surface area contributed by atoms with Gasteiger partial charge in [-0.1, -0.05) is 11.6 Å². The summed E-state index contributed by atoms with van der Waals surface area (Å²) < 4.78 is 1.68. The molecule has 0 saturated carbocycles. The van der Waals surface area contributed by atoms with E-state index in [1.165, 1.54) is 6.20 Å². The van der Waals surface area contributed by atoms with Gasteiger partial charge in [0.05, 0.1) is 47.6 Å². The molecule has 2 heterocycles. The Labute approximate surface area is 221 Å². The number of anilines is 2. The number of aliphatic hydroxyl groups is 2. The highest BCUT2D eigenvalue weighted by molar-refractivity contribution is 6.30. The number of piperidine rings is 1. The molecule has 1 aromatic heterocycles. The number of halogens is 1. The van der Waals surface area contributed by atoms with Crippen molar-refractivity contribution in [3.05, 3.63) is 70.5 Å². The molecule has 1 aliphatic heterocycles. The van der Waals surface area contributed by atoms with E-state index in [-0.39, 0.29) is 25.2 Å². The summed E-state index contributed by atoms with van der Waals surface area (Å²) in [5.74, 6) is -0.303. The third-order valence-corrected chi connectivity index (χ3v) is 7.05. The van der Waals surface area contributed by atoms with Crippen LogP contribution in [0.2, 0.25) is 5.02 Å². The van der Waals surface area contributed by atoms with E-state index < -0.39 is 0 Å². The minimum absolute atomic E-state index is 0.0629. The van der Waals surface area contributed by atoms with E-state index in [1.54, 1.807) is 22.9 Å². The van der Waals surface area contributed by atoms with Crippen LogP contribution in [0.5, 0.6) is 0 Å². The van der Waals surface area contributed by atoms with Crippen LogP contribution < -0.4 is 10.2 Å². The van der Waals surface area contributed by atoms with Crippen molar-refractivity contribution in [2.75, 3.05) is 49.6 Å².